The summed E-state index contributed by atoms with van der Waals surface area (Å²) in [6, 6.07) is 11.5. The van der Waals surface area contributed by atoms with Crippen LogP contribution in [0, 0.1) is 3.57 Å². The Kier molecular flexibility index (Phi) is 4.43. The van der Waals surface area contributed by atoms with E-state index in [1.165, 1.54) is 28.7 Å². The third-order valence-electron chi connectivity index (χ3n) is 5.38. The maximum Gasteiger partial charge on any atom is 0.135 e. The van der Waals surface area contributed by atoms with Gasteiger partial charge in [0, 0.05) is 30.3 Å². The standard InChI is InChI=1S/C20H22INO2/c1-23-19-10-18(21)20(24-2)17-9-15(7-8-16(17)19)22-11-13-5-3-4-6-14(13)12-22/h3-6,10,15H,7-9,11-12H2,1-2H3. The molecule has 0 fully saturated rings. The molecule has 2 aliphatic rings. The number of halogens is 1. The first kappa shape index (κ1) is 16.2. The topological polar surface area (TPSA) is 21.7 Å². The van der Waals surface area contributed by atoms with Crippen molar-refractivity contribution >= 4 is 22.6 Å². The monoisotopic (exact) mass is 435 g/mol. The van der Waals surface area contributed by atoms with Gasteiger partial charge in [0.15, 0.2) is 0 Å². The van der Waals surface area contributed by atoms with Gasteiger partial charge in [0.2, 0.25) is 0 Å². The lowest BCUT2D eigenvalue weighted by Gasteiger charge is -2.33. The van der Waals surface area contributed by atoms with Crippen LogP contribution in [0.4, 0.5) is 0 Å². The maximum atomic E-state index is 5.73. The molecule has 1 heterocycles. The summed E-state index contributed by atoms with van der Waals surface area (Å²) in [5.74, 6) is 2.05. The van der Waals surface area contributed by atoms with Crippen molar-refractivity contribution in [3.05, 3.63) is 56.2 Å². The van der Waals surface area contributed by atoms with Crippen molar-refractivity contribution in [2.45, 2.75) is 38.4 Å². The van der Waals surface area contributed by atoms with Crippen molar-refractivity contribution in [2.24, 2.45) is 0 Å². The molecule has 0 amide bonds. The Hall–Kier alpha value is -1.27. The van der Waals surface area contributed by atoms with Crippen molar-refractivity contribution < 1.29 is 9.47 Å². The molecule has 126 valence electrons. The maximum absolute atomic E-state index is 5.73. The number of hydrogen-bond donors (Lipinski definition) is 0. The van der Waals surface area contributed by atoms with Crippen LogP contribution in [0.15, 0.2) is 30.3 Å². The predicted octanol–water partition coefficient (Wildman–Crippen LogP) is 4.18. The summed E-state index contributed by atoms with van der Waals surface area (Å²) in [4.78, 5) is 2.62. The largest absolute Gasteiger partial charge is 0.496 e. The van der Waals surface area contributed by atoms with E-state index in [1.807, 2.05) is 0 Å². The van der Waals surface area contributed by atoms with Crippen LogP contribution in [0.2, 0.25) is 0 Å². The highest BCUT2D eigenvalue weighted by atomic mass is 127. The molecule has 4 heteroatoms. The molecule has 2 aromatic rings. The molecule has 2 aromatic carbocycles. The molecule has 0 aromatic heterocycles. The molecule has 1 aliphatic carbocycles. The lowest BCUT2D eigenvalue weighted by Crippen LogP contribution is -2.36. The van der Waals surface area contributed by atoms with E-state index in [0.717, 1.165) is 41.0 Å². The molecule has 1 atom stereocenters. The van der Waals surface area contributed by atoms with Gasteiger partial charge in [-0.1, -0.05) is 24.3 Å². The van der Waals surface area contributed by atoms with Gasteiger partial charge >= 0.3 is 0 Å². The van der Waals surface area contributed by atoms with E-state index >= 15 is 0 Å². The Morgan fingerprint density at radius 1 is 1.04 bits per heavy atom. The molecular formula is C20H22INO2. The molecule has 0 radical (unpaired) electrons. The first-order valence-corrected chi connectivity index (χ1v) is 9.52. The van der Waals surface area contributed by atoms with E-state index in [0.29, 0.717) is 6.04 Å². The summed E-state index contributed by atoms with van der Waals surface area (Å²) < 4.78 is 12.5. The third-order valence-corrected chi connectivity index (χ3v) is 6.18. The zero-order valence-electron chi connectivity index (χ0n) is 14.1. The number of rotatable bonds is 3. The van der Waals surface area contributed by atoms with Crippen molar-refractivity contribution in [3.8, 4) is 11.5 Å². The highest BCUT2D eigenvalue weighted by molar-refractivity contribution is 14.1. The minimum Gasteiger partial charge on any atom is -0.496 e. The van der Waals surface area contributed by atoms with E-state index in [2.05, 4.69) is 57.8 Å². The van der Waals surface area contributed by atoms with Crippen LogP contribution < -0.4 is 9.47 Å². The molecule has 0 bridgehead atoms. The molecule has 0 N–H and O–H groups in total. The fourth-order valence-electron chi connectivity index (χ4n) is 4.17. The van der Waals surface area contributed by atoms with Crippen LogP contribution >= 0.6 is 22.6 Å². The third kappa shape index (κ3) is 2.69. The van der Waals surface area contributed by atoms with Crippen LogP contribution in [0.3, 0.4) is 0 Å². The van der Waals surface area contributed by atoms with Crippen LogP contribution in [-0.2, 0) is 25.9 Å². The van der Waals surface area contributed by atoms with Crippen molar-refractivity contribution in [1.29, 1.82) is 0 Å². The summed E-state index contributed by atoms with van der Waals surface area (Å²) in [7, 11) is 3.54. The minimum atomic E-state index is 0.571. The fraction of sp³-hybridized carbons (Fsp3) is 0.400. The number of nitrogens with zero attached hydrogens (tertiary/aromatic N) is 1. The molecule has 24 heavy (non-hydrogen) atoms. The van der Waals surface area contributed by atoms with Crippen LogP contribution in [0.5, 0.6) is 11.5 Å². The quantitative estimate of drug-likeness (QED) is 0.676. The van der Waals surface area contributed by atoms with E-state index in [4.69, 9.17) is 9.47 Å². The first-order valence-electron chi connectivity index (χ1n) is 8.44. The van der Waals surface area contributed by atoms with Crippen LogP contribution in [0.25, 0.3) is 0 Å². The highest BCUT2D eigenvalue weighted by Gasteiger charge is 2.32. The summed E-state index contributed by atoms with van der Waals surface area (Å²) in [6.45, 7) is 2.14. The Bertz CT molecular complexity index is 749. The van der Waals surface area contributed by atoms with Gasteiger partial charge < -0.3 is 9.47 Å². The molecule has 1 aliphatic heterocycles. The minimum absolute atomic E-state index is 0.571. The Morgan fingerprint density at radius 3 is 2.38 bits per heavy atom. The molecule has 4 rings (SSSR count). The van der Waals surface area contributed by atoms with Crippen LogP contribution in [-0.4, -0.2) is 25.2 Å². The smallest absolute Gasteiger partial charge is 0.135 e. The van der Waals surface area contributed by atoms with E-state index in [-0.39, 0.29) is 0 Å². The van der Waals surface area contributed by atoms with E-state index in [9.17, 15) is 0 Å². The molecule has 3 nitrogen and oxygen atoms in total. The summed E-state index contributed by atoms with van der Waals surface area (Å²) in [6.07, 6.45) is 3.28. The van der Waals surface area contributed by atoms with Crippen LogP contribution in [0.1, 0.15) is 28.7 Å². The zero-order valence-corrected chi connectivity index (χ0v) is 16.3. The summed E-state index contributed by atoms with van der Waals surface area (Å²) in [5.41, 5.74) is 5.64. The van der Waals surface area contributed by atoms with Gasteiger partial charge in [-0.3, -0.25) is 4.90 Å². The zero-order chi connectivity index (χ0) is 16.7. The number of fused-ring (bicyclic) bond motifs is 2. The number of ether oxygens (including phenoxy) is 2. The van der Waals surface area contributed by atoms with Crippen molar-refractivity contribution in [2.75, 3.05) is 14.2 Å². The van der Waals surface area contributed by atoms with Gasteiger partial charge in [0.25, 0.3) is 0 Å². The molecular weight excluding hydrogens is 413 g/mol. The van der Waals surface area contributed by atoms with Gasteiger partial charge in [-0.05, 0) is 59.0 Å². The average Bonchev–Trinajstić information content (AvgIpc) is 3.04. The normalized spacial score (nSPS) is 19.7. The van der Waals surface area contributed by atoms with Gasteiger partial charge in [0.05, 0.1) is 17.8 Å². The molecule has 1 unspecified atom stereocenters. The fourth-order valence-corrected chi connectivity index (χ4v) is 5.00. The molecule has 0 saturated carbocycles. The summed E-state index contributed by atoms with van der Waals surface area (Å²) >= 11 is 2.35. The lowest BCUT2D eigenvalue weighted by atomic mass is 9.86. The number of methoxy groups -OCH3 is 2. The van der Waals surface area contributed by atoms with E-state index in [1.54, 1.807) is 14.2 Å². The van der Waals surface area contributed by atoms with E-state index < -0.39 is 0 Å². The second-order valence-corrected chi connectivity index (χ2v) is 7.78. The van der Waals surface area contributed by atoms with Crippen molar-refractivity contribution in [3.63, 3.8) is 0 Å². The number of hydrogen-bond acceptors (Lipinski definition) is 3. The van der Waals surface area contributed by atoms with Gasteiger partial charge in [-0.15, -0.1) is 0 Å². The Morgan fingerprint density at radius 2 is 1.75 bits per heavy atom. The average molecular weight is 435 g/mol. The molecule has 0 spiro atoms. The van der Waals surface area contributed by atoms with Gasteiger partial charge in [0.1, 0.15) is 11.5 Å². The Balaban J connectivity index is 1.63. The van der Waals surface area contributed by atoms with Crippen molar-refractivity contribution in [1.82, 2.24) is 4.90 Å². The van der Waals surface area contributed by atoms with Gasteiger partial charge in [-0.2, -0.15) is 0 Å². The SMILES string of the molecule is COc1cc(I)c(OC)c2c1CCC(N1Cc3ccccc3C1)C2. The molecule has 0 saturated heterocycles. The first-order chi connectivity index (χ1) is 11.7. The lowest BCUT2D eigenvalue weighted by molar-refractivity contribution is 0.179. The second kappa shape index (κ2) is 6.56. The highest BCUT2D eigenvalue weighted by Crippen LogP contribution is 2.41. The van der Waals surface area contributed by atoms with Gasteiger partial charge in [-0.25, -0.2) is 0 Å². The Labute approximate surface area is 157 Å². The predicted molar refractivity (Wildman–Crippen MR) is 104 cm³/mol. The number of benzene rings is 2. The second-order valence-electron chi connectivity index (χ2n) is 6.62. The summed E-state index contributed by atoms with van der Waals surface area (Å²) in [5, 5.41) is 0.